The van der Waals surface area contributed by atoms with E-state index in [4.69, 9.17) is 12.2 Å². The van der Waals surface area contributed by atoms with Crippen molar-refractivity contribution in [2.24, 2.45) is 0 Å². The van der Waals surface area contributed by atoms with E-state index in [1.54, 1.807) is 0 Å². The summed E-state index contributed by atoms with van der Waals surface area (Å²) < 4.78 is 38.3. The van der Waals surface area contributed by atoms with Crippen molar-refractivity contribution < 1.29 is 12.8 Å². The molecule has 0 amide bonds. The number of sulfonamides is 1. The highest BCUT2D eigenvalue weighted by molar-refractivity contribution is 7.89. The van der Waals surface area contributed by atoms with Crippen molar-refractivity contribution in [3.8, 4) is 12.3 Å². The number of nitrogens with two attached hydrogens (primary N) is 1. The third kappa shape index (κ3) is 2.46. The van der Waals surface area contributed by atoms with Crippen molar-refractivity contribution in [2.75, 3.05) is 12.3 Å². The minimum atomic E-state index is -3.98. The molecule has 1 aromatic carbocycles. The zero-order valence-electron chi connectivity index (χ0n) is 7.70. The van der Waals surface area contributed by atoms with Crippen LogP contribution < -0.4 is 10.5 Å². The van der Waals surface area contributed by atoms with Crippen LogP contribution in [0.25, 0.3) is 0 Å². The quantitative estimate of drug-likeness (QED) is 0.578. The predicted octanol–water partition coefficient (Wildman–Crippen LogP) is 0.319. The number of hydrogen-bond donors (Lipinski definition) is 2. The lowest BCUT2D eigenvalue weighted by molar-refractivity contribution is 0.561. The van der Waals surface area contributed by atoms with Crippen molar-refractivity contribution in [3.63, 3.8) is 0 Å². The molecule has 15 heavy (non-hydrogen) atoms. The molecule has 0 aliphatic rings. The predicted molar refractivity (Wildman–Crippen MR) is 54.8 cm³/mol. The lowest BCUT2D eigenvalue weighted by Gasteiger charge is -2.07. The van der Waals surface area contributed by atoms with Gasteiger partial charge in [-0.1, -0.05) is 12.0 Å². The number of anilines is 1. The summed E-state index contributed by atoms with van der Waals surface area (Å²) in [5, 5.41) is 0. The number of halogens is 1. The average Bonchev–Trinajstić information content (AvgIpc) is 2.14. The summed E-state index contributed by atoms with van der Waals surface area (Å²) in [5.74, 6) is 1.18. The molecule has 0 bridgehead atoms. The van der Waals surface area contributed by atoms with Crippen LogP contribution in [0, 0.1) is 18.2 Å². The fraction of sp³-hybridized carbons (Fsp3) is 0.111. The molecule has 80 valence electrons. The van der Waals surface area contributed by atoms with Crippen molar-refractivity contribution in [3.05, 3.63) is 24.0 Å². The van der Waals surface area contributed by atoms with Crippen LogP contribution in [0.5, 0.6) is 0 Å². The normalized spacial score (nSPS) is 10.9. The van der Waals surface area contributed by atoms with Crippen molar-refractivity contribution >= 4 is 15.7 Å². The van der Waals surface area contributed by atoms with Gasteiger partial charge >= 0.3 is 0 Å². The molecule has 0 radical (unpaired) electrons. The lowest BCUT2D eigenvalue weighted by atomic mass is 10.3. The van der Waals surface area contributed by atoms with Gasteiger partial charge in [-0.15, -0.1) is 6.42 Å². The molecule has 1 rings (SSSR count). The number of rotatable bonds is 3. The highest BCUT2D eigenvalue weighted by Gasteiger charge is 2.20. The first-order valence-corrected chi connectivity index (χ1v) is 5.44. The maximum atomic E-state index is 13.2. The Morgan fingerprint density at radius 3 is 2.73 bits per heavy atom. The van der Waals surface area contributed by atoms with E-state index in [0.717, 1.165) is 6.07 Å². The van der Waals surface area contributed by atoms with Crippen LogP contribution in [0.4, 0.5) is 10.1 Å². The largest absolute Gasteiger partial charge is 0.398 e. The van der Waals surface area contributed by atoms with E-state index in [2.05, 4.69) is 5.92 Å². The molecular weight excluding hydrogens is 219 g/mol. The van der Waals surface area contributed by atoms with Crippen molar-refractivity contribution in [1.82, 2.24) is 4.72 Å². The standard InChI is InChI=1S/C9H9FN2O2S/c1-2-6-12-15(13,14)9-7(10)4-3-5-8(9)11/h1,3-5,12H,6,11H2. The maximum Gasteiger partial charge on any atom is 0.246 e. The van der Waals surface area contributed by atoms with Crippen molar-refractivity contribution in [2.45, 2.75) is 4.90 Å². The van der Waals surface area contributed by atoms with Gasteiger partial charge in [-0.05, 0) is 12.1 Å². The van der Waals surface area contributed by atoms with E-state index in [1.165, 1.54) is 12.1 Å². The molecule has 0 aliphatic carbocycles. The van der Waals surface area contributed by atoms with Crippen LogP contribution in [0.3, 0.4) is 0 Å². The monoisotopic (exact) mass is 228 g/mol. The van der Waals surface area contributed by atoms with E-state index < -0.39 is 20.7 Å². The molecule has 0 aromatic heterocycles. The second-order valence-electron chi connectivity index (χ2n) is 2.69. The molecular formula is C9H9FN2O2S. The zero-order chi connectivity index (χ0) is 11.5. The van der Waals surface area contributed by atoms with Gasteiger partial charge in [0.25, 0.3) is 0 Å². The Morgan fingerprint density at radius 1 is 1.53 bits per heavy atom. The molecule has 0 heterocycles. The highest BCUT2D eigenvalue weighted by atomic mass is 32.2. The number of benzene rings is 1. The molecule has 4 nitrogen and oxygen atoms in total. The Morgan fingerprint density at radius 2 is 2.20 bits per heavy atom. The van der Waals surface area contributed by atoms with Crippen molar-refractivity contribution in [1.29, 1.82) is 0 Å². The van der Waals surface area contributed by atoms with E-state index >= 15 is 0 Å². The van der Waals surface area contributed by atoms with Gasteiger partial charge in [0.05, 0.1) is 12.2 Å². The molecule has 0 atom stereocenters. The van der Waals surface area contributed by atoms with Gasteiger partial charge in [0, 0.05) is 0 Å². The molecule has 3 N–H and O–H groups in total. The molecule has 6 heteroatoms. The lowest BCUT2D eigenvalue weighted by Crippen LogP contribution is -2.25. The number of hydrogen-bond acceptors (Lipinski definition) is 3. The Kier molecular flexibility index (Phi) is 3.29. The summed E-state index contributed by atoms with van der Waals surface area (Å²) in [6, 6.07) is 3.64. The summed E-state index contributed by atoms with van der Waals surface area (Å²) in [5.41, 5.74) is 5.22. The first-order chi connectivity index (χ1) is 6.99. The molecule has 0 unspecified atom stereocenters. The number of nitrogens with one attached hydrogen (secondary N) is 1. The third-order valence-electron chi connectivity index (χ3n) is 1.63. The maximum absolute atomic E-state index is 13.2. The van der Waals surface area contributed by atoms with Gasteiger partial charge < -0.3 is 5.73 Å². The van der Waals surface area contributed by atoms with Gasteiger partial charge in [-0.3, -0.25) is 0 Å². The van der Waals surface area contributed by atoms with Gasteiger partial charge in [-0.25, -0.2) is 12.8 Å². The van der Waals surface area contributed by atoms with Crippen LogP contribution in [-0.2, 0) is 10.0 Å². The summed E-state index contributed by atoms with van der Waals surface area (Å²) in [6.45, 7) is -0.212. The van der Waals surface area contributed by atoms with Crippen LogP contribution in [-0.4, -0.2) is 15.0 Å². The molecule has 1 aromatic rings. The third-order valence-corrected chi connectivity index (χ3v) is 3.12. The fourth-order valence-corrected chi connectivity index (χ4v) is 2.14. The van der Waals surface area contributed by atoms with Crippen LogP contribution in [0.1, 0.15) is 0 Å². The smallest absolute Gasteiger partial charge is 0.246 e. The Labute approximate surface area is 87.3 Å². The summed E-state index contributed by atoms with van der Waals surface area (Å²) in [7, 11) is -3.98. The number of nitrogen functional groups attached to an aromatic ring is 1. The van der Waals surface area contributed by atoms with Gasteiger partial charge in [0.1, 0.15) is 10.7 Å². The minimum Gasteiger partial charge on any atom is -0.398 e. The van der Waals surface area contributed by atoms with Gasteiger partial charge in [0.2, 0.25) is 10.0 Å². The minimum absolute atomic E-state index is 0.153. The second-order valence-corrected chi connectivity index (χ2v) is 4.39. The molecule has 0 fully saturated rings. The Hall–Kier alpha value is -1.58. The molecule has 0 spiro atoms. The summed E-state index contributed by atoms with van der Waals surface area (Å²) in [6.07, 6.45) is 4.89. The second kappa shape index (κ2) is 4.29. The first kappa shape index (κ1) is 11.5. The number of terminal acetylenes is 1. The van der Waals surface area contributed by atoms with E-state index in [9.17, 15) is 12.8 Å². The van der Waals surface area contributed by atoms with Gasteiger partial charge in [0.15, 0.2) is 0 Å². The summed E-state index contributed by atoms with van der Waals surface area (Å²) in [4.78, 5) is -0.569. The highest BCUT2D eigenvalue weighted by Crippen LogP contribution is 2.20. The average molecular weight is 228 g/mol. The van der Waals surface area contributed by atoms with E-state index in [1.807, 2.05) is 4.72 Å². The van der Waals surface area contributed by atoms with Crippen LogP contribution >= 0.6 is 0 Å². The first-order valence-electron chi connectivity index (χ1n) is 3.96. The fourth-order valence-electron chi connectivity index (χ4n) is 1.02. The van der Waals surface area contributed by atoms with E-state index in [-0.39, 0.29) is 12.2 Å². The molecule has 0 aliphatic heterocycles. The van der Waals surface area contributed by atoms with Crippen LogP contribution in [0.15, 0.2) is 23.1 Å². The topological polar surface area (TPSA) is 72.2 Å². The summed E-state index contributed by atoms with van der Waals surface area (Å²) >= 11 is 0. The Bertz CT molecular complexity index is 485. The van der Waals surface area contributed by atoms with Gasteiger partial charge in [-0.2, -0.15) is 4.72 Å². The Balaban J connectivity index is 3.22. The zero-order valence-corrected chi connectivity index (χ0v) is 8.51. The van der Waals surface area contributed by atoms with E-state index in [0.29, 0.717) is 0 Å². The van der Waals surface area contributed by atoms with Crippen LogP contribution in [0.2, 0.25) is 0 Å². The molecule has 0 saturated carbocycles. The SMILES string of the molecule is C#CCNS(=O)(=O)c1c(N)cccc1F. The molecule has 0 saturated heterocycles.